The van der Waals surface area contributed by atoms with Crippen LogP contribution in [0.15, 0.2) is 34.7 Å². The smallest absolute Gasteiger partial charge is 0.0921 e. The molecule has 0 amide bonds. The summed E-state index contributed by atoms with van der Waals surface area (Å²) in [6.07, 6.45) is 12.5. The predicted octanol–water partition coefficient (Wildman–Crippen LogP) is 3.45. The SMILES string of the molecule is C1=C(Cc2cnc[nH]2)SCC2=C1CCCC2. The third-order valence-corrected chi connectivity index (χ3v) is 4.44. The van der Waals surface area contributed by atoms with Crippen LogP contribution in [-0.2, 0) is 6.42 Å². The molecule has 1 aliphatic carbocycles. The second kappa shape index (κ2) is 4.50. The van der Waals surface area contributed by atoms with Crippen molar-refractivity contribution in [1.82, 2.24) is 9.97 Å². The number of imidazole rings is 1. The molecule has 0 saturated heterocycles. The first-order chi connectivity index (χ1) is 7.92. The van der Waals surface area contributed by atoms with Crippen molar-refractivity contribution in [2.75, 3.05) is 5.75 Å². The lowest BCUT2D eigenvalue weighted by molar-refractivity contribution is 0.683. The van der Waals surface area contributed by atoms with Gasteiger partial charge in [0.15, 0.2) is 0 Å². The Balaban J connectivity index is 1.77. The van der Waals surface area contributed by atoms with Gasteiger partial charge in [0.1, 0.15) is 0 Å². The first kappa shape index (κ1) is 10.2. The number of nitrogens with one attached hydrogen (secondary N) is 1. The van der Waals surface area contributed by atoms with Gasteiger partial charge in [0.25, 0.3) is 0 Å². The van der Waals surface area contributed by atoms with Gasteiger partial charge >= 0.3 is 0 Å². The van der Waals surface area contributed by atoms with Gasteiger partial charge in [-0.2, -0.15) is 0 Å². The van der Waals surface area contributed by atoms with Crippen molar-refractivity contribution in [3.05, 3.63) is 40.3 Å². The summed E-state index contributed by atoms with van der Waals surface area (Å²) >= 11 is 2.00. The number of thioether (sulfide) groups is 1. The van der Waals surface area contributed by atoms with Crippen LogP contribution in [0.25, 0.3) is 0 Å². The zero-order chi connectivity index (χ0) is 10.8. The summed E-state index contributed by atoms with van der Waals surface area (Å²) in [7, 11) is 0. The van der Waals surface area contributed by atoms with E-state index in [0.29, 0.717) is 0 Å². The number of aromatic amines is 1. The molecule has 0 spiro atoms. The Morgan fingerprint density at radius 1 is 1.31 bits per heavy atom. The van der Waals surface area contributed by atoms with Gasteiger partial charge in [0.05, 0.1) is 6.33 Å². The second-order valence-electron chi connectivity index (χ2n) is 4.49. The zero-order valence-corrected chi connectivity index (χ0v) is 10.1. The first-order valence-corrected chi connectivity index (χ1v) is 6.92. The summed E-state index contributed by atoms with van der Waals surface area (Å²) in [5.74, 6) is 1.22. The average Bonchev–Trinajstić information content (AvgIpc) is 2.82. The van der Waals surface area contributed by atoms with Gasteiger partial charge in [-0.15, -0.1) is 11.8 Å². The Labute approximate surface area is 100 Å². The van der Waals surface area contributed by atoms with Gasteiger partial charge in [0, 0.05) is 24.1 Å². The fraction of sp³-hybridized carbons (Fsp3) is 0.462. The number of nitrogens with zero attached hydrogens (tertiary/aromatic N) is 1. The number of H-pyrrole nitrogens is 1. The molecule has 3 rings (SSSR count). The Bertz CT molecular complexity index is 429. The molecule has 1 N–H and O–H groups in total. The van der Waals surface area contributed by atoms with Gasteiger partial charge in [-0.3, -0.25) is 0 Å². The van der Waals surface area contributed by atoms with Crippen molar-refractivity contribution < 1.29 is 0 Å². The van der Waals surface area contributed by atoms with Crippen molar-refractivity contribution in [2.45, 2.75) is 32.1 Å². The molecule has 0 fully saturated rings. The lowest BCUT2D eigenvalue weighted by Gasteiger charge is -2.23. The van der Waals surface area contributed by atoms with Gasteiger partial charge in [-0.25, -0.2) is 4.98 Å². The Morgan fingerprint density at radius 2 is 2.25 bits per heavy atom. The number of rotatable bonds is 2. The van der Waals surface area contributed by atoms with Gasteiger partial charge in [-0.05, 0) is 42.2 Å². The van der Waals surface area contributed by atoms with Crippen molar-refractivity contribution in [1.29, 1.82) is 0 Å². The van der Waals surface area contributed by atoms with E-state index in [1.54, 1.807) is 17.5 Å². The maximum absolute atomic E-state index is 4.07. The fourth-order valence-corrected chi connectivity index (χ4v) is 3.59. The maximum atomic E-state index is 4.07. The molecule has 2 aliphatic rings. The summed E-state index contributed by atoms with van der Waals surface area (Å²) in [5.41, 5.74) is 4.54. The zero-order valence-electron chi connectivity index (χ0n) is 9.33. The number of hydrogen-bond acceptors (Lipinski definition) is 2. The highest BCUT2D eigenvalue weighted by atomic mass is 32.2. The molecule has 1 aliphatic heterocycles. The van der Waals surface area contributed by atoms with E-state index >= 15 is 0 Å². The highest BCUT2D eigenvalue weighted by molar-refractivity contribution is 8.03. The summed E-state index contributed by atoms with van der Waals surface area (Å²) in [4.78, 5) is 8.73. The lowest BCUT2D eigenvalue weighted by Crippen LogP contribution is -2.06. The molecule has 0 bridgehead atoms. The number of hydrogen-bond donors (Lipinski definition) is 1. The van der Waals surface area contributed by atoms with Gasteiger partial charge < -0.3 is 4.98 Å². The standard InChI is InChI=1S/C13H16N2S/c1-2-4-11-8-16-13(5-10(11)3-1)6-12-7-14-9-15-12/h5,7,9H,1-4,6,8H2,(H,14,15). The van der Waals surface area contributed by atoms with E-state index in [1.807, 2.05) is 18.0 Å². The maximum Gasteiger partial charge on any atom is 0.0921 e. The number of allylic oxidation sites excluding steroid dienone is 3. The molecule has 2 nitrogen and oxygen atoms in total. The largest absolute Gasteiger partial charge is 0.348 e. The van der Waals surface area contributed by atoms with Crippen molar-refractivity contribution >= 4 is 11.8 Å². The topological polar surface area (TPSA) is 28.7 Å². The minimum Gasteiger partial charge on any atom is -0.348 e. The molecule has 3 heteroatoms. The highest BCUT2D eigenvalue weighted by Gasteiger charge is 2.17. The van der Waals surface area contributed by atoms with Gasteiger partial charge in [0.2, 0.25) is 0 Å². The molecule has 0 aromatic carbocycles. The Hall–Kier alpha value is -0.960. The summed E-state index contributed by atoms with van der Waals surface area (Å²) in [5, 5.41) is 0. The van der Waals surface area contributed by atoms with Crippen LogP contribution in [0.1, 0.15) is 31.4 Å². The van der Waals surface area contributed by atoms with Crippen LogP contribution in [0.5, 0.6) is 0 Å². The summed E-state index contributed by atoms with van der Waals surface area (Å²) in [6.45, 7) is 0. The Kier molecular flexibility index (Phi) is 2.87. The van der Waals surface area contributed by atoms with Crippen LogP contribution in [0, 0.1) is 0 Å². The molecule has 2 heterocycles. The minimum atomic E-state index is 1.02. The van der Waals surface area contributed by atoms with Gasteiger partial charge in [-0.1, -0.05) is 5.57 Å². The normalized spacial score (nSPS) is 20.6. The molecular formula is C13H16N2S. The minimum absolute atomic E-state index is 1.02. The summed E-state index contributed by atoms with van der Waals surface area (Å²) < 4.78 is 0. The van der Waals surface area contributed by atoms with Crippen LogP contribution in [0.2, 0.25) is 0 Å². The van der Waals surface area contributed by atoms with Crippen molar-refractivity contribution in [2.24, 2.45) is 0 Å². The van der Waals surface area contributed by atoms with Crippen LogP contribution >= 0.6 is 11.8 Å². The monoisotopic (exact) mass is 232 g/mol. The van der Waals surface area contributed by atoms with Crippen LogP contribution in [-0.4, -0.2) is 15.7 Å². The third kappa shape index (κ3) is 2.09. The molecule has 0 unspecified atom stereocenters. The highest BCUT2D eigenvalue weighted by Crippen LogP contribution is 2.37. The van der Waals surface area contributed by atoms with E-state index in [2.05, 4.69) is 16.0 Å². The number of aromatic nitrogens is 2. The molecule has 84 valence electrons. The van der Waals surface area contributed by atoms with Crippen LogP contribution in [0.4, 0.5) is 0 Å². The third-order valence-electron chi connectivity index (χ3n) is 3.32. The molecule has 0 radical (unpaired) electrons. The Morgan fingerprint density at radius 3 is 3.12 bits per heavy atom. The van der Waals surface area contributed by atoms with E-state index in [1.165, 1.54) is 42.0 Å². The predicted molar refractivity (Wildman–Crippen MR) is 68.3 cm³/mol. The van der Waals surface area contributed by atoms with E-state index in [-0.39, 0.29) is 0 Å². The first-order valence-electron chi connectivity index (χ1n) is 5.93. The fourth-order valence-electron chi connectivity index (χ4n) is 2.42. The molecule has 0 atom stereocenters. The van der Waals surface area contributed by atoms with Crippen LogP contribution in [0.3, 0.4) is 0 Å². The molecular weight excluding hydrogens is 216 g/mol. The van der Waals surface area contributed by atoms with Crippen molar-refractivity contribution in [3.63, 3.8) is 0 Å². The molecule has 1 aromatic rings. The second-order valence-corrected chi connectivity index (χ2v) is 5.59. The van der Waals surface area contributed by atoms with E-state index in [0.717, 1.165) is 6.42 Å². The molecule has 0 saturated carbocycles. The van der Waals surface area contributed by atoms with E-state index < -0.39 is 0 Å². The molecule has 16 heavy (non-hydrogen) atoms. The molecule has 1 aromatic heterocycles. The average molecular weight is 232 g/mol. The lowest BCUT2D eigenvalue weighted by atomic mass is 9.92. The van der Waals surface area contributed by atoms with Crippen LogP contribution < -0.4 is 0 Å². The quantitative estimate of drug-likeness (QED) is 0.846. The van der Waals surface area contributed by atoms with Crippen molar-refractivity contribution in [3.8, 4) is 0 Å². The summed E-state index contributed by atoms with van der Waals surface area (Å²) in [6, 6.07) is 0. The van der Waals surface area contributed by atoms with E-state index in [4.69, 9.17) is 0 Å². The van der Waals surface area contributed by atoms with E-state index in [9.17, 15) is 0 Å².